The minimum Gasteiger partial charge on any atom is -0.236 e. The van der Waals surface area contributed by atoms with Gasteiger partial charge in [-0.25, -0.2) is 4.98 Å². The molecule has 1 aromatic heterocycles. The van der Waals surface area contributed by atoms with Gasteiger partial charge in [-0.3, -0.25) is 0 Å². The molecule has 0 bridgehead atoms. The standard InChI is InChI=1S/C16H15NS/c1-16(2)10-8-13-14(9-11-16)18-15(17-13)12-6-4-3-5-7-12/h3-11H,1-2H3. The van der Waals surface area contributed by atoms with E-state index in [4.69, 9.17) is 4.98 Å². The molecule has 3 rings (SSSR count). The van der Waals surface area contributed by atoms with E-state index in [0.717, 1.165) is 10.7 Å². The molecule has 0 amide bonds. The summed E-state index contributed by atoms with van der Waals surface area (Å²) in [7, 11) is 0. The molecular weight excluding hydrogens is 238 g/mol. The Hall–Kier alpha value is -1.67. The topological polar surface area (TPSA) is 12.9 Å². The van der Waals surface area contributed by atoms with Crippen molar-refractivity contribution in [2.75, 3.05) is 0 Å². The lowest BCUT2D eigenvalue weighted by Gasteiger charge is -2.12. The molecule has 0 radical (unpaired) electrons. The number of aromatic nitrogens is 1. The highest BCUT2D eigenvalue weighted by atomic mass is 32.1. The summed E-state index contributed by atoms with van der Waals surface area (Å²) in [6, 6.07) is 10.4. The Labute approximate surface area is 112 Å². The lowest BCUT2D eigenvalue weighted by molar-refractivity contribution is 0.633. The third-order valence-electron chi connectivity index (χ3n) is 3.04. The van der Waals surface area contributed by atoms with Crippen LogP contribution in [0.15, 0.2) is 42.5 Å². The number of nitrogens with zero attached hydrogens (tertiary/aromatic N) is 1. The van der Waals surface area contributed by atoms with E-state index in [0.29, 0.717) is 0 Å². The lowest BCUT2D eigenvalue weighted by Crippen LogP contribution is -2.00. The Morgan fingerprint density at radius 2 is 1.72 bits per heavy atom. The van der Waals surface area contributed by atoms with Crippen molar-refractivity contribution in [3.05, 3.63) is 53.1 Å². The van der Waals surface area contributed by atoms with Crippen LogP contribution in [0.5, 0.6) is 0 Å². The number of allylic oxidation sites excluding steroid dienone is 2. The zero-order chi connectivity index (χ0) is 12.6. The smallest absolute Gasteiger partial charge is 0.124 e. The Balaban J connectivity index is 2.04. The van der Waals surface area contributed by atoms with Crippen molar-refractivity contribution in [1.29, 1.82) is 0 Å². The molecule has 1 nitrogen and oxygen atoms in total. The molecule has 0 unspecified atom stereocenters. The van der Waals surface area contributed by atoms with Crippen LogP contribution in [0.25, 0.3) is 22.7 Å². The Morgan fingerprint density at radius 1 is 1.00 bits per heavy atom. The molecule has 0 saturated heterocycles. The van der Waals surface area contributed by atoms with E-state index >= 15 is 0 Å². The molecule has 1 aromatic carbocycles. The molecule has 1 aliphatic rings. The summed E-state index contributed by atoms with van der Waals surface area (Å²) in [6.07, 6.45) is 8.78. The van der Waals surface area contributed by atoms with Crippen molar-refractivity contribution in [2.45, 2.75) is 13.8 Å². The van der Waals surface area contributed by atoms with Gasteiger partial charge in [-0.1, -0.05) is 56.3 Å². The number of hydrogen-bond donors (Lipinski definition) is 0. The third kappa shape index (κ3) is 2.16. The maximum atomic E-state index is 4.73. The summed E-state index contributed by atoms with van der Waals surface area (Å²) in [5, 5.41) is 1.09. The second-order valence-electron chi connectivity index (χ2n) is 5.12. The molecule has 0 fully saturated rings. The van der Waals surface area contributed by atoms with Gasteiger partial charge in [0.15, 0.2) is 0 Å². The van der Waals surface area contributed by atoms with Crippen LogP contribution in [-0.4, -0.2) is 4.98 Å². The number of rotatable bonds is 1. The second-order valence-corrected chi connectivity index (χ2v) is 6.15. The molecule has 2 aromatic rings. The monoisotopic (exact) mass is 253 g/mol. The van der Waals surface area contributed by atoms with Crippen LogP contribution in [-0.2, 0) is 0 Å². The normalized spacial score (nSPS) is 16.3. The average Bonchev–Trinajstić information content (AvgIpc) is 2.73. The van der Waals surface area contributed by atoms with Crippen molar-refractivity contribution < 1.29 is 0 Å². The summed E-state index contributed by atoms with van der Waals surface area (Å²) < 4.78 is 0. The summed E-state index contributed by atoms with van der Waals surface area (Å²) >= 11 is 1.75. The van der Waals surface area contributed by atoms with Crippen LogP contribution in [0.1, 0.15) is 24.4 Å². The highest BCUT2D eigenvalue weighted by Crippen LogP contribution is 2.34. The quantitative estimate of drug-likeness (QED) is 0.706. The fourth-order valence-corrected chi connectivity index (χ4v) is 2.89. The van der Waals surface area contributed by atoms with Crippen molar-refractivity contribution in [3.63, 3.8) is 0 Å². The first-order valence-electron chi connectivity index (χ1n) is 6.09. The zero-order valence-corrected chi connectivity index (χ0v) is 11.4. The van der Waals surface area contributed by atoms with Gasteiger partial charge in [0.25, 0.3) is 0 Å². The van der Waals surface area contributed by atoms with E-state index in [-0.39, 0.29) is 5.41 Å². The van der Waals surface area contributed by atoms with Crippen molar-refractivity contribution in [3.8, 4) is 10.6 Å². The van der Waals surface area contributed by atoms with E-state index in [1.807, 2.05) is 6.07 Å². The van der Waals surface area contributed by atoms with E-state index < -0.39 is 0 Å². The Kier molecular flexibility index (Phi) is 2.67. The Bertz CT molecular complexity index is 584. The fraction of sp³-hybridized carbons (Fsp3) is 0.188. The predicted molar refractivity (Wildman–Crippen MR) is 79.4 cm³/mol. The molecule has 1 aliphatic carbocycles. The van der Waals surface area contributed by atoms with Crippen LogP contribution in [0.4, 0.5) is 0 Å². The van der Waals surface area contributed by atoms with Gasteiger partial charge in [0.2, 0.25) is 0 Å². The zero-order valence-electron chi connectivity index (χ0n) is 10.6. The number of fused-ring (bicyclic) bond motifs is 1. The predicted octanol–water partition coefficient (Wildman–Crippen LogP) is 4.88. The van der Waals surface area contributed by atoms with Crippen molar-refractivity contribution in [2.24, 2.45) is 5.41 Å². The van der Waals surface area contributed by atoms with Crippen molar-refractivity contribution >= 4 is 23.5 Å². The van der Waals surface area contributed by atoms with E-state index in [1.165, 1.54) is 10.4 Å². The first-order chi connectivity index (χ1) is 8.64. The summed E-state index contributed by atoms with van der Waals surface area (Å²) in [6.45, 7) is 4.41. The first kappa shape index (κ1) is 11.4. The van der Waals surface area contributed by atoms with Gasteiger partial charge in [-0.15, -0.1) is 11.3 Å². The third-order valence-corrected chi connectivity index (χ3v) is 4.12. The van der Waals surface area contributed by atoms with Crippen LogP contribution in [0, 0.1) is 5.41 Å². The first-order valence-corrected chi connectivity index (χ1v) is 6.90. The fourth-order valence-electron chi connectivity index (χ4n) is 1.93. The average molecular weight is 253 g/mol. The lowest BCUT2D eigenvalue weighted by atomic mass is 9.93. The van der Waals surface area contributed by atoms with E-state index in [2.05, 4.69) is 62.4 Å². The Morgan fingerprint density at radius 3 is 2.50 bits per heavy atom. The molecule has 0 N–H and O–H groups in total. The maximum Gasteiger partial charge on any atom is 0.124 e. The number of hydrogen-bond acceptors (Lipinski definition) is 2. The van der Waals surface area contributed by atoms with Gasteiger partial charge in [0.05, 0.1) is 10.6 Å². The molecule has 0 spiro atoms. The van der Waals surface area contributed by atoms with Crippen LogP contribution in [0.2, 0.25) is 0 Å². The molecule has 18 heavy (non-hydrogen) atoms. The van der Waals surface area contributed by atoms with Gasteiger partial charge in [-0.05, 0) is 12.2 Å². The number of thiazole rings is 1. The van der Waals surface area contributed by atoms with Gasteiger partial charge in [-0.2, -0.15) is 0 Å². The highest BCUT2D eigenvalue weighted by Gasteiger charge is 2.15. The van der Waals surface area contributed by atoms with Gasteiger partial charge in [0, 0.05) is 11.0 Å². The van der Waals surface area contributed by atoms with Gasteiger partial charge < -0.3 is 0 Å². The van der Waals surface area contributed by atoms with E-state index in [1.54, 1.807) is 11.3 Å². The SMILES string of the molecule is CC1(C)C=Cc2nc(-c3ccccc3)sc2C=C1. The van der Waals surface area contributed by atoms with Gasteiger partial charge in [0.1, 0.15) is 5.01 Å². The minimum absolute atomic E-state index is 0.118. The molecule has 0 aliphatic heterocycles. The molecular formula is C16H15NS. The minimum atomic E-state index is 0.118. The molecule has 2 heteroatoms. The maximum absolute atomic E-state index is 4.73. The van der Waals surface area contributed by atoms with Crippen LogP contribution >= 0.6 is 11.3 Å². The molecule has 90 valence electrons. The largest absolute Gasteiger partial charge is 0.236 e. The summed E-state index contributed by atoms with van der Waals surface area (Å²) in [5.74, 6) is 0. The second kappa shape index (κ2) is 4.21. The molecule has 0 saturated carbocycles. The van der Waals surface area contributed by atoms with E-state index in [9.17, 15) is 0 Å². The number of benzene rings is 1. The van der Waals surface area contributed by atoms with Crippen LogP contribution < -0.4 is 0 Å². The summed E-state index contributed by atoms with van der Waals surface area (Å²) in [5.41, 5.74) is 2.39. The highest BCUT2D eigenvalue weighted by molar-refractivity contribution is 7.16. The summed E-state index contributed by atoms with van der Waals surface area (Å²) in [4.78, 5) is 5.97. The van der Waals surface area contributed by atoms with Crippen LogP contribution in [0.3, 0.4) is 0 Å². The molecule has 0 atom stereocenters. The van der Waals surface area contributed by atoms with Gasteiger partial charge >= 0.3 is 0 Å². The van der Waals surface area contributed by atoms with Crippen molar-refractivity contribution in [1.82, 2.24) is 4.98 Å². The molecule has 1 heterocycles.